The molecule has 0 fully saturated rings. The number of rotatable bonds is 5. The van der Waals surface area contributed by atoms with E-state index in [0.29, 0.717) is 5.75 Å². The van der Waals surface area contributed by atoms with Gasteiger partial charge in [-0.05, 0) is 13.2 Å². The maximum absolute atomic E-state index is 11.3. The van der Waals surface area contributed by atoms with Gasteiger partial charge in [0.2, 0.25) is 0 Å². The van der Waals surface area contributed by atoms with E-state index >= 15 is 0 Å². The smallest absolute Gasteiger partial charge is 0.326 e. The van der Waals surface area contributed by atoms with Crippen molar-refractivity contribution in [3.05, 3.63) is 0 Å². The number of hydrogen-bond donors (Lipinski definition) is 1. The Labute approximate surface area is 107 Å². The van der Waals surface area contributed by atoms with Gasteiger partial charge in [-0.3, -0.25) is 4.79 Å². The molecule has 1 aromatic rings. The van der Waals surface area contributed by atoms with Gasteiger partial charge in [0.15, 0.2) is 8.68 Å². The van der Waals surface area contributed by atoms with E-state index in [0.717, 1.165) is 8.68 Å². The number of aromatic nitrogens is 2. The van der Waals surface area contributed by atoms with Crippen molar-refractivity contribution in [3.8, 4) is 0 Å². The van der Waals surface area contributed by atoms with Gasteiger partial charge in [-0.25, -0.2) is 0 Å². The molecule has 0 saturated heterocycles. The van der Waals surface area contributed by atoms with Crippen LogP contribution in [0.1, 0.15) is 6.92 Å². The zero-order valence-corrected chi connectivity index (χ0v) is 11.7. The zero-order chi connectivity index (χ0) is 12.2. The standard InChI is InChI=1S/C8H13N3O2S3/c1-8(9,5(12)13-2)4-15-7-11-10-6(14-3)16-7/h4,9H2,1-3H3. The van der Waals surface area contributed by atoms with E-state index in [1.807, 2.05) is 6.26 Å². The van der Waals surface area contributed by atoms with Crippen LogP contribution in [0.15, 0.2) is 8.68 Å². The second kappa shape index (κ2) is 5.85. The summed E-state index contributed by atoms with van der Waals surface area (Å²) in [5, 5.41) is 7.93. The average Bonchev–Trinajstić information content (AvgIpc) is 2.73. The topological polar surface area (TPSA) is 78.1 Å². The molecule has 1 heterocycles. The van der Waals surface area contributed by atoms with Gasteiger partial charge in [-0.15, -0.1) is 10.2 Å². The number of carbonyl (C=O) groups excluding carboxylic acids is 1. The fourth-order valence-corrected chi connectivity index (χ4v) is 3.29. The fourth-order valence-electron chi connectivity index (χ4n) is 0.842. The van der Waals surface area contributed by atoms with Gasteiger partial charge in [0, 0.05) is 5.75 Å². The van der Waals surface area contributed by atoms with Crippen molar-refractivity contribution >= 4 is 40.8 Å². The molecule has 0 saturated carbocycles. The highest BCUT2D eigenvalue weighted by Crippen LogP contribution is 2.29. The third kappa shape index (κ3) is 3.62. The highest BCUT2D eigenvalue weighted by molar-refractivity contribution is 8.03. The molecule has 5 nitrogen and oxygen atoms in total. The molecule has 1 aromatic heterocycles. The first-order chi connectivity index (χ1) is 7.49. The highest BCUT2D eigenvalue weighted by atomic mass is 32.2. The second-order valence-electron chi connectivity index (χ2n) is 3.24. The number of esters is 1. The van der Waals surface area contributed by atoms with Crippen LogP contribution in [0.4, 0.5) is 0 Å². The van der Waals surface area contributed by atoms with E-state index in [4.69, 9.17) is 5.73 Å². The summed E-state index contributed by atoms with van der Waals surface area (Å²) in [5.41, 5.74) is 4.82. The van der Waals surface area contributed by atoms with Crippen molar-refractivity contribution in [3.63, 3.8) is 0 Å². The van der Waals surface area contributed by atoms with Crippen LogP contribution in [0, 0.1) is 0 Å². The first-order valence-corrected chi connectivity index (χ1v) is 7.40. The molecule has 0 aliphatic carbocycles. The van der Waals surface area contributed by atoms with Crippen molar-refractivity contribution in [1.29, 1.82) is 0 Å². The van der Waals surface area contributed by atoms with Gasteiger partial charge in [0.05, 0.1) is 7.11 Å². The lowest BCUT2D eigenvalue weighted by molar-refractivity contribution is -0.145. The van der Waals surface area contributed by atoms with Crippen LogP contribution >= 0.6 is 34.9 Å². The van der Waals surface area contributed by atoms with Gasteiger partial charge in [0.25, 0.3) is 0 Å². The summed E-state index contributed by atoms with van der Waals surface area (Å²) in [4.78, 5) is 11.3. The maximum atomic E-state index is 11.3. The fraction of sp³-hybridized carbons (Fsp3) is 0.625. The summed E-state index contributed by atoms with van der Waals surface area (Å²) in [7, 11) is 1.33. The molecule has 0 aliphatic rings. The molecule has 0 spiro atoms. The summed E-state index contributed by atoms with van der Waals surface area (Å²) in [6.07, 6.45) is 1.94. The minimum absolute atomic E-state index is 0.419. The molecule has 2 N–H and O–H groups in total. The van der Waals surface area contributed by atoms with Crippen molar-refractivity contribution in [2.75, 3.05) is 19.1 Å². The summed E-state index contributed by atoms with van der Waals surface area (Å²) in [5.74, 6) is -0.00233. The van der Waals surface area contributed by atoms with Gasteiger partial charge in [0.1, 0.15) is 5.54 Å². The van der Waals surface area contributed by atoms with Crippen LogP contribution in [0.25, 0.3) is 0 Å². The van der Waals surface area contributed by atoms with Gasteiger partial charge < -0.3 is 10.5 Å². The van der Waals surface area contributed by atoms with E-state index in [9.17, 15) is 4.79 Å². The van der Waals surface area contributed by atoms with Crippen molar-refractivity contribution in [2.24, 2.45) is 5.73 Å². The second-order valence-corrected chi connectivity index (χ2v) is 6.49. The lowest BCUT2D eigenvalue weighted by Crippen LogP contribution is -2.48. The molecule has 16 heavy (non-hydrogen) atoms. The van der Waals surface area contributed by atoms with Crippen LogP contribution in [0.5, 0.6) is 0 Å². The van der Waals surface area contributed by atoms with Crippen molar-refractivity contribution in [2.45, 2.75) is 21.1 Å². The Morgan fingerprint density at radius 3 is 2.69 bits per heavy atom. The van der Waals surface area contributed by atoms with E-state index in [1.165, 1.54) is 30.2 Å². The van der Waals surface area contributed by atoms with E-state index < -0.39 is 11.5 Å². The van der Waals surface area contributed by atoms with Crippen molar-refractivity contribution < 1.29 is 9.53 Å². The molecular formula is C8H13N3O2S3. The number of hydrogen-bond acceptors (Lipinski definition) is 8. The van der Waals surface area contributed by atoms with Crippen molar-refractivity contribution in [1.82, 2.24) is 10.2 Å². The summed E-state index contributed by atoms with van der Waals surface area (Å²) < 4.78 is 6.33. The Kier molecular flexibility index (Phi) is 5.03. The minimum Gasteiger partial charge on any atom is -0.468 e. The molecule has 0 aromatic carbocycles. The van der Waals surface area contributed by atoms with E-state index in [2.05, 4.69) is 14.9 Å². The quantitative estimate of drug-likeness (QED) is 0.641. The summed E-state index contributed by atoms with van der Waals surface area (Å²) in [6, 6.07) is 0. The van der Waals surface area contributed by atoms with Crippen LogP contribution in [0.3, 0.4) is 0 Å². The number of carbonyl (C=O) groups is 1. The summed E-state index contributed by atoms with van der Waals surface area (Å²) in [6.45, 7) is 1.64. The molecule has 0 aliphatic heterocycles. The minimum atomic E-state index is -0.995. The lowest BCUT2D eigenvalue weighted by Gasteiger charge is -2.19. The Balaban J connectivity index is 2.53. The molecule has 8 heteroatoms. The largest absolute Gasteiger partial charge is 0.468 e. The predicted octanol–water partition coefficient (Wildman–Crippen LogP) is 1.24. The Morgan fingerprint density at radius 1 is 1.56 bits per heavy atom. The van der Waals surface area contributed by atoms with E-state index in [-0.39, 0.29) is 0 Å². The Morgan fingerprint density at radius 2 is 2.19 bits per heavy atom. The molecule has 1 unspecified atom stereocenters. The lowest BCUT2D eigenvalue weighted by atomic mass is 10.1. The Bertz CT molecular complexity index is 367. The SMILES string of the molecule is COC(=O)C(C)(N)CSc1nnc(SC)s1. The Hall–Kier alpha value is -0.310. The third-order valence-electron chi connectivity index (χ3n) is 1.71. The zero-order valence-electron chi connectivity index (χ0n) is 9.22. The highest BCUT2D eigenvalue weighted by Gasteiger charge is 2.30. The number of thioether (sulfide) groups is 2. The van der Waals surface area contributed by atoms with Crippen LogP contribution in [0.2, 0.25) is 0 Å². The predicted molar refractivity (Wildman–Crippen MR) is 67.0 cm³/mol. The van der Waals surface area contributed by atoms with Gasteiger partial charge in [-0.1, -0.05) is 34.9 Å². The molecular weight excluding hydrogens is 266 g/mol. The maximum Gasteiger partial charge on any atom is 0.326 e. The number of nitrogens with two attached hydrogens (primary N) is 1. The van der Waals surface area contributed by atoms with Gasteiger partial charge in [-0.2, -0.15) is 0 Å². The van der Waals surface area contributed by atoms with E-state index in [1.54, 1.807) is 18.7 Å². The van der Waals surface area contributed by atoms with Gasteiger partial charge >= 0.3 is 5.97 Å². The number of nitrogens with zero attached hydrogens (tertiary/aromatic N) is 2. The number of ether oxygens (including phenoxy) is 1. The third-order valence-corrected chi connectivity index (χ3v) is 5.08. The molecule has 0 bridgehead atoms. The molecule has 0 amide bonds. The first-order valence-electron chi connectivity index (χ1n) is 4.37. The molecule has 1 atom stereocenters. The first kappa shape index (κ1) is 13.8. The monoisotopic (exact) mass is 279 g/mol. The average molecular weight is 279 g/mol. The summed E-state index contributed by atoms with van der Waals surface area (Å²) >= 11 is 4.44. The number of methoxy groups -OCH3 is 1. The normalized spacial score (nSPS) is 14.5. The van der Waals surface area contributed by atoms with Crippen LogP contribution < -0.4 is 5.73 Å². The van der Waals surface area contributed by atoms with Crippen LogP contribution in [-0.2, 0) is 9.53 Å². The molecule has 90 valence electrons. The molecule has 1 rings (SSSR count). The van der Waals surface area contributed by atoms with Crippen LogP contribution in [-0.4, -0.2) is 40.8 Å². The molecule has 0 radical (unpaired) electrons.